The highest BCUT2D eigenvalue weighted by Crippen LogP contribution is 2.16. The molecule has 2 aromatic heterocycles. The molecule has 0 atom stereocenters. The van der Waals surface area contributed by atoms with Crippen LogP contribution < -0.4 is 5.32 Å². The molecule has 0 saturated carbocycles. The van der Waals surface area contributed by atoms with Crippen LogP contribution in [-0.2, 0) is 6.42 Å². The quantitative estimate of drug-likeness (QED) is 0.433. The van der Waals surface area contributed by atoms with Gasteiger partial charge in [-0.25, -0.2) is 0 Å². The van der Waals surface area contributed by atoms with Crippen LogP contribution in [0.5, 0.6) is 0 Å². The van der Waals surface area contributed by atoms with E-state index in [4.69, 9.17) is 4.52 Å². The summed E-state index contributed by atoms with van der Waals surface area (Å²) in [5.41, 5.74) is 0.697. The molecule has 8 heteroatoms. The summed E-state index contributed by atoms with van der Waals surface area (Å²) in [6.45, 7) is 5.16. The fourth-order valence-corrected chi connectivity index (χ4v) is 2.79. The van der Waals surface area contributed by atoms with Crippen molar-refractivity contribution >= 4 is 29.9 Å². The molecule has 0 bridgehead atoms. The molecule has 0 unspecified atom stereocenters. The van der Waals surface area contributed by atoms with Gasteiger partial charge in [0, 0.05) is 39.3 Å². The second kappa shape index (κ2) is 9.69. The average molecular weight is 456 g/mol. The second-order valence-electron chi connectivity index (χ2n) is 6.12. The summed E-state index contributed by atoms with van der Waals surface area (Å²) < 4.78 is 5.27. The molecule has 0 spiro atoms. The van der Waals surface area contributed by atoms with Gasteiger partial charge in [-0.2, -0.15) is 4.98 Å². The van der Waals surface area contributed by atoms with Crippen LogP contribution in [0.3, 0.4) is 0 Å². The largest absolute Gasteiger partial charge is 0.356 e. The van der Waals surface area contributed by atoms with Crippen molar-refractivity contribution in [2.75, 3.05) is 26.7 Å². The molecule has 3 heterocycles. The van der Waals surface area contributed by atoms with E-state index in [0.717, 1.165) is 31.5 Å². The molecule has 2 aromatic rings. The number of rotatable bonds is 4. The standard InChI is InChI=1S/C17H24N6O.HI/c1-13-7-11-23(12-8-13)17(18-2)20-10-6-15-21-16(24-22-15)14-5-3-4-9-19-14;/h3-5,9,13H,6-8,10-12H2,1-2H3,(H,18,20);1H. The number of aromatic nitrogens is 3. The molecular weight excluding hydrogens is 431 g/mol. The van der Waals surface area contributed by atoms with Crippen LogP contribution in [-0.4, -0.2) is 52.7 Å². The van der Waals surface area contributed by atoms with Gasteiger partial charge in [0.05, 0.1) is 0 Å². The van der Waals surface area contributed by atoms with Gasteiger partial charge >= 0.3 is 0 Å². The van der Waals surface area contributed by atoms with E-state index in [0.29, 0.717) is 23.8 Å². The van der Waals surface area contributed by atoms with Gasteiger partial charge in [0.1, 0.15) is 5.69 Å². The van der Waals surface area contributed by atoms with Crippen LogP contribution >= 0.6 is 24.0 Å². The summed E-state index contributed by atoms with van der Waals surface area (Å²) in [7, 11) is 1.83. The highest BCUT2D eigenvalue weighted by Gasteiger charge is 2.18. The number of nitrogens with zero attached hydrogens (tertiary/aromatic N) is 5. The predicted molar refractivity (Wildman–Crippen MR) is 108 cm³/mol. The fraction of sp³-hybridized carbons (Fsp3) is 0.529. The van der Waals surface area contributed by atoms with Gasteiger partial charge in [0.15, 0.2) is 11.8 Å². The zero-order valence-electron chi connectivity index (χ0n) is 14.7. The molecule has 0 amide bonds. The minimum absolute atomic E-state index is 0. The van der Waals surface area contributed by atoms with Crippen LogP contribution in [0, 0.1) is 5.92 Å². The van der Waals surface area contributed by atoms with E-state index in [1.165, 1.54) is 12.8 Å². The lowest BCUT2D eigenvalue weighted by Crippen LogP contribution is -2.45. The molecule has 25 heavy (non-hydrogen) atoms. The van der Waals surface area contributed by atoms with Crippen molar-refractivity contribution in [3.05, 3.63) is 30.2 Å². The van der Waals surface area contributed by atoms with Crippen LogP contribution in [0.15, 0.2) is 33.9 Å². The first kappa shape index (κ1) is 19.6. The first-order chi connectivity index (χ1) is 11.8. The van der Waals surface area contributed by atoms with Crippen molar-refractivity contribution in [1.29, 1.82) is 0 Å². The van der Waals surface area contributed by atoms with Gasteiger partial charge in [-0.05, 0) is 30.9 Å². The lowest BCUT2D eigenvalue weighted by Gasteiger charge is -2.32. The molecule has 1 fully saturated rings. The smallest absolute Gasteiger partial charge is 0.276 e. The number of aliphatic imine (C=N–C) groups is 1. The Labute approximate surface area is 165 Å². The van der Waals surface area contributed by atoms with Gasteiger partial charge in [-0.1, -0.05) is 18.1 Å². The van der Waals surface area contributed by atoms with E-state index in [-0.39, 0.29) is 24.0 Å². The molecule has 7 nitrogen and oxygen atoms in total. The third-order valence-corrected chi connectivity index (χ3v) is 4.28. The van der Waals surface area contributed by atoms with Crippen molar-refractivity contribution in [3.8, 4) is 11.6 Å². The Morgan fingerprint density at radius 1 is 1.36 bits per heavy atom. The maximum Gasteiger partial charge on any atom is 0.276 e. The van der Waals surface area contributed by atoms with Crippen molar-refractivity contribution in [1.82, 2.24) is 25.3 Å². The first-order valence-electron chi connectivity index (χ1n) is 8.46. The van der Waals surface area contributed by atoms with Gasteiger partial charge < -0.3 is 14.7 Å². The van der Waals surface area contributed by atoms with Crippen LogP contribution in [0.4, 0.5) is 0 Å². The van der Waals surface area contributed by atoms with E-state index in [2.05, 4.69) is 37.3 Å². The summed E-state index contributed by atoms with van der Waals surface area (Å²) in [6.07, 6.45) is 4.84. The van der Waals surface area contributed by atoms with E-state index in [1.54, 1.807) is 6.20 Å². The zero-order chi connectivity index (χ0) is 16.8. The number of nitrogens with one attached hydrogen (secondary N) is 1. The second-order valence-corrected chi connectivity index (χ2v) is 6.12. The van der Waals surface area contributed by atoms with Crippen molar-refractivity contribution in [3.63, 3.8) is 0 Å². The zero-order valence-corrected chi connectivity index (χ0v) is 17.0. The lowest BCUT2D eigenvalue weighted by atomic mass is 10.00. The highest BCUT2D eigenvalue weighted by molar-refractivity contribution is 14.0. The maximum absolute atomic E-state index is 5.27. The van der Waals surface area contributed by atoms with Crippen molar-refractivity contribution in [2.45, 2.75) is 26.2 Å². The number of likely N-dealkylation sites (tertiary alicyclic amines) is 1. The SMILES string of the molecule is CN=C(NCCc1noc(-c2ccccn2)n1)N1CCC(C)CC1.I. The number of pyridine rings is 1. The number of guanidine groups is 1. The Kier molecular flexibility index (Phi) is 7.60. The van der Waals surface area contributed by atoms with E-state index in [1.807, 2.05) is 25.2 Å². The predicted octanol–water partition coefficient (Wildman–Crippen LogP) is 2.60. The summed E-state index contributed by atoms with van der Waals surface area (Å²) in [5, 5.41) is 7.41. The molecule has 1 N–H and O–H groups in total. The first-order valence-corrected chi connectivity index (χ1v) is 8.46. The molecule has 1 aliphatic heterocycles. The third-order valence-electron chi connectivity index (χ3n) is 4.28. The molecule has 0 radical (unpaired) electrons. The van der Waals surface area contributed by atoms with E-state index < -0.39 is 0 Å². The van der Waals surface area contributed by atoms with Gasteiger partial charge in [-0.15, -0.1) is 24.0 Å². The summed E-state index contributed by atoms with van der Waals surface area (Å²) in [6, 6.07) is 5.61. The fourth-order valence-electron chi connectivity index (χ4n) is 2.79. The Balaban J connectivity index is 0.00000225. The molecule has 136 valence electrons. The van der Waals surface area contributed by atoms with E-state index in [9.17, 15) is 0 Å². The Morgan fingerprint density at radius 3 is 2.84 bits per heavy atom. The number of hydrogen-bond donors (Lipinski definition) is 1. The molecule has 0 aliphatic carbocycles. The van der Waals surface area contributed by atoms with Gasteiger partial charge in [-0.3, -0.25) is 9.98 Å². The molecule has 3 rings (SSSR count). The van der Waals surface area contributed by atoms with Crippen LogP contribution in [0.1, 0.15) is 25.6 Å². The highest BCUT2D eigenvalue weighted by atomic mass is 127. The van der Waals surface area contributed by atoms with E-state index >= 15 is 0 Å². The molecule has 1 saturated heterocycles. The van der Waals surface area contributed by atoms with Gasteiger partial charge in [0.2, 0.25) is 0 Å². The van der Waals surface area contributed by atoms with Crippen LogP contribution in [0.2, 0.25) is 0 Å². The summed E-state index contributed by atoms with van der Waals surface area (Å²) in [5.74, 6) is 2.89. The monoisotopic (exact) mass is 456 g/mol. The number of halogens is 1. The summed E-state index contributed by atoms with van der Waals surface area (Å²) >= 11 is 0. The molecular formula is C17H25IN6O. The number of piperidine rings is 1. The van der Waals surface area contributed by atoms with Crippen LogP contribution in [0.25, 0.3) is 11.6 Å². The summed E-state index contributed by atoms with van der Waals surface area (Å²) in [4.78, 5) is 15.3. The average Bonchev–Trinajstić information content (AvgIpc) is 3.09. The molecule has 1 aliphatic rings. The Morgan fingerprint density at radius 2 is 2.16 bits per heavy atom. The lowest BCUT2D eigenvalue weighted by molar-refractivity contribution is 0.273. The van der Waals surface area contributed by atoms with Gasteiger partial charge in [0.25, 0.3) is 5.89 Å². The molecule has 0 aromatic carbocycles. The maximum atomic E-state index is 5.27. The number of hydrogen-bond acceptors (Lipinski definition) is 5. The minimum atomic E-state index is 0. The Hall–Kier alpha value is -1.71. The van der Waals surface area contributed by atoms with Crippen molar-refractivity contribution < 1.29 is 4.52 Å². The third kappa shape index (κ3) is 5.38. The minimum Gasteiger partial charge on any atom is -0.356 e. The Bertz CT molecular complexity index is 667. The van der Waals surface area contributed by atoms with Crippen molar-refractivity contribution in [2.24, 2.45) is 10.9 Å². The topological polar surface area (TPSA) is 79.4 Å². The normalized spacial score (nSPS) is 15.8.